The van der Waals surface area contributed by atoms with E-state index in [1.165, 1.54) is 110 Å². The predicted molar refractivity (Wildman–Crippen MR) is 316 cm³/mol. The Kier molecular flexibility index (Phi) is 16.2. The standard InChI is InChI=1S/C64H60N10O13/c1-66-23-24-67-61(82)54-37-12-22-49(77)50(29-37)86-43-19-9-35(10-20-43)56-64(85)74(2)48(59(80)71-54)25-32-3-17-42(18-4-32)87-51-30-38-26-45(57(51)78)36-11-21-44-39(31-68-46(44)27-36)28-47(69-60(81)52(65)33-5-13-40(75)14-6-33)58(79)70-53(34-7-15-41(76)16-8-34)62(83)72-55(38)63(84)73-56/h3-22,26-27,29-31,47-48,52-56,66,68,75-78H,23-25,28,65H2,1-2H3,(H,67,82)(H,69,81)(H,70,79)(H,71,80)(H,72,83)(H,73,84)/t47-,48+,52?,53-,54-,55-,56-/m1/s1. The third-order valence-electron chi connectivity index (χ3n) is 15.6. The zero-order valence-corrected chi connectivity index (χ0v) is 46.8. The van der Waals surface area contributed by atoms with Gasteiger partial charge in [-0.3, -0.25) is 33.6 Å². The third-order valence-corrected chi connectivity index (χ3v) is 15.6. The van der Waals surface area contributed by atoms with Crippen molar-refractivity contribution in [1.29, 1.82) is 0 Å². The van der Waals surface area contributed by atoms with E-state index in [1.54, 1.807) is 55.7 Å². The quantitative estimate of drug-likeness (QED) is 0.0914. The Labute approximate surface area is 496 Å². The van der Waals surface area contributed by atoms with Gasteiger partial charge in [-0.25, -0.2) is 0 Å². The molecule has 0 radical (unpaired) electrons. The molecule has 7 aromatic carbocycles. The summed E-state index contributed by atoms with van der Waals surface area (Å²) in [5, 5.41) is 64.2. The van der Waals surface area contributed by atoms with Crippen LogP contribution in [0, 0.1) is 0 Å². The van der Waals surface area contributed by atoms with Crippen LogP contribution < -0.4 is 52.4 Å². The molecule has 444 valence electrons. The number of phenolic OH excluding ortho intramolecular Hbond substituents is 4. The fraction of sp³-hybridized carbons (Fsp3) is 0.203. The maximum Gasteiger partial charge on any atom is 0.250 e. The second kappa shape index (κ2) is 24.4. The number of phenols is 4. The zero-order chi connectivity index (χ0) is 61.2. The number of nitrogens with one attached hydrogen (secondary N) is 8. The highest BCUT2D eigenvalue weighted by atomic mass is 16.5. The number of carbonyl (C=O) groups excluding carboxylic acids is 7. The number of hydrogen-bond acceptors (Lipinski definition) is 15. The lowest BCUT2D eigenvalue weighted by Crippen LogP contribution is -2.55. The molecule has 8 aromatic rings. The molecule has 6 aliphatic heterocycles. The molecule has 1 unspecified atom stereocenters. The van der Waals surface area contributed by atoms with Crippen molar-refractivity contribution >= 4 is 52.3 Å². The number of likely N-dealkylation sites (N-methyl/N-ethyl adjacent to an activating group) is 2. The molecule has 0 saturated heterocycles. The van der Waals surface area contributed by atoms with Crippen LogP contribution in [0.1, 0.15) is 69.2 Å². The Bertz CT molecular complexity index is 3990. The number of nitrogens with two attached hydrogens (primary N) is 1. The molecule has 15 bridgehead atoms. The van der Waals surface area contributed by atoms with Gasteiger partial charge in [0.25, 0.3) is 0 Å². The van der Waals surface area contributed by atoms with Gasteiger partial charge in [0.2, 0.25) is 41.4 Å². The van der Waals surface area contributed by atoms with Crippen LogP contribution in [0.3, 0.4) is 0 Å². The number of ether oxygens (including phenoxy) is 2. The van der Waals surface area contributed by atoms with Crippen molar-refractivity contribution in [3.8, 4) is 57.1 Å². The Balaban J connectivity index is 1.07. The molecule has 0 aliphatic carbocycles. The van der Waals surface area contributed by atoms with Gasteiger partial charge in [-0.05, 0) is 130 Å². The molecule has 7 heterocycles. The number of aromatic hydroxyl groups is 4. The summed E-state index contributed by atoms with van der Waals surface area (Å²) < 4.78 is 12.6. The Morgan fingerprint density at radius 1 is 0.632 bits per heavy atom. The molecule has 7 amide bonds. The molecule has 14 rings (SSSR count). The predicted octanol–water partition coefficient (Wildman–Crippen LogP) is 4.74. The summed E-state index contributed by atoms with van der Waals surface area (Å²) in [7, 11) is 3.08. The zero-order valence-electron chi connectivity index (χ0n) is 46.8. The van der Waals surface area contributed by atoms with Crippen LogP contribution in [-0.4, -0.2) is 111 Å². The summed E-state index contributed by atoms with van der Waals surface area (Å²) in [6.45, 7) is 0.560. The number of aromatic amines is 1. The number of benzene rings is 7. The topological polar surface area (TPSA) is 348 Å². The van der Waals surface area contributed by atoms with Gasteiger partial charge in [-0.15, -0.1) is 0 Å². The minimum absolute atomic E-state index is 0.00425. The lowest BCUT2D eigenvalue weighted by Gasteiger charge is -2.33. The molecule has 0 fully saturated rings. The maximum absolute atomic E-state index is 15.8. The molecule has 6 aliphatic rings. The molecule has 23 nitrogen and oxygen atoms in total. The van der Waals surface area contributed by atoms with Gasteiger partial charge in [0.1, 0.15) is 65.3 Å². The summed E-state index contributed by atoms with van der Waals surface area (Å²) in [5.74, 6) is -6.75. The number of H-pyrrole nitrogens is 1. The van der Waals surface area contributed by atoms with Crippen molar-refractivity contribution in [2.75, 3.05) is 27.2 Å². The van der Waals surface area contributed by atoms with Gasteiger partial charge in [0, 0.05) is 55.6 Å². The number of aromatic nitrogens is 1. The van der Waals surface area contributed by atoms with Gasteiger partial charge >= 0.3 is 0 Å². The second-order valence-corrected chi connectivity index (χ2v) is 21.4. The summed E-state index contributed by atoms with van der Waals surface area (Å²) >= 11 is 0. The lowest BCUT2D eigenvalue weighted by molar-refractivity contribution is -0.143. The highest BCUT2D eigenvalue weighted by Gasteiger charge is 2.40. The smallest absolute Gasteiger partial charge is 0.250 e. The van der Waals surface area contributed by atoms with Crippen molar-refractivity contribution in [3.63, 3.8) is 0 Å². The summed E-state index contributed by atoms with van der Waals surface area (Å²) in [6, 6.07) is 24.8. The third kappa shape index (κ3) is 12.2. The normalized spacial score (nSPS) is 19.9. The van der Waals surface area contributed by atoms with E-state index in [2.05, 4.69) is 42.2 Å². The van der Waals surface area contributed by atoms with Crippen LogP contribution in [0.2, 0.25) is 0 Å². The van der Waals surface area contributed by atoms with Crippen LogP contribution in [0.5, 0.6) is 46.0 Å². The Morgan fingerprint density at radius 3 is 1.93 bits per heavy atom. The highest BCUT2D eigenvalue weighted by Crippen LogP contribution is 2.44. The largest absolute Gasteiger partial charge is 0.508 e. The lowest BCUT2D eigenvalue weighted by atomic mass is 9.94. The molecule has 7 atom stereocenters. The summed E-state index contributed by atoms with van der Waals surface area (Å²) in [6.07, 6.45) is 1.34. The van der Waals surface area contributed by atoms with E-state index in [0.29, 0.717) is 39.7 Å². The number of hydrogen-bond donors (Lipinski definition) is 13. The molecule has 14 N–H and O–H groups in total. The van der Waals surface area contributed by atoms with Crippen LogP contribution >= 0.6 is 0 Å². The summed E-state index contributed by atoms with van der Waals surface area (Å²) in [5.41, 5.74) is 9.41. The van der Waals surface area contributed by atoms with Crippen LogP contribution in [0.25, 0.3) is 22.0 Å². The first-order valence-electron chi connectivity index (χ1n) is 27.8. The fourth-order valence-corrected chi connectivity index (χ4v) is 10.8. The SMILES string of the molecule is CNCCNC(=O)[C@@H]1NC(=O)[C@@H]2Cc3ccc(cc3)Oc3cc4cc(c3O)-c3ccc5c(c[nH]c5c3)C[C@@H](NC(=O)C(N)c3ccc(O)cc3)C(=O)N[C@H](c3ccc(O)cc3)C(=O)N[C@H]4C(=O)N[C@@H](C(=O)N2C)c2ccc(cc2)Oc2cc1ccc2O. The van der Waals surface area contributed by atoms with E-state index in [1.807, 2.05) is 0 Å². The summed E-state index contributed by atoms with van der Waals surface area (Å²) in [4.78, 5) is 109. The molecule has 0 spiro atoms. The molecule has 1 aromatic heterocycles. The van der Waals surface area contributed by atoms with Crippen LogP contribution in [-0.2, 0) is 46.4 Å². The van der Waals surface area contributed by atoms with Crippen molar-refractivity contribution in [3.05, 3.63) is 191 Å². The molecule has 0 saturated carbocycles. The number of fused-ring (bicyclic) bond motifs is 14. The van der Waals surface area contributed by atoms with Gasteiger partial charge in [0.15, 0.2) is 23.0 Å². The van der Waals surface area contributed by atoms with Gasteiger partial charge in [-0.1, -0.05) is 66.7 Å². The van der Waals surface area contributed by atoms with Gasteiger partial charge in [0.05, 0.1) is 0 Å². The maximum atomic E-state index is 15.8. The second-order valence-electron chi connectivity index (χ2n) is 21.4. The molecular weight excluding hydrogens is 1120 g/mol. The average molecular weight is 1180 g/mol. The van der Waals surface area contributed by atoms with Crippen molar-refractivity contribution < 1.29 is 63.5 Å². The van der Waals surface area contributed by atoms with Crippen LogP contribution in [0.4, 0.5) is 0 Å². The number of carbonyl (C=O) groups is 7. The van der Waals surface area contributed by atoms with E-state index < -0.39 is 83.6 Å². The Hall–Kier alpha value is -10.9. The van der Waals surface area contributed by atoms with Crippen LogP contribution in [0.15, 0.2) is 152 Å². The van der Waals surface area contributed by atoms with Gasteiger partial charge < -0.3 is 82.7 Å². The van der Waals surface area contributed by atoms with E-state index in [4.69, 9.17) is 15.2 Å². The molecular formula is C64H60N10O13. The molecule has 87 heavy (non-hydrogen) atoms. The van der Waals surface area contributed by atoms with E-state index >= 15 is 19.2 Å². The van der Waals surface area contributed by atoms with Crippen molar-refractivity contribution in [2.45, 2.75) is 55.1 Å². The number of amides is 7. The number of rotatable bonds is 8. The first kappa shape index (κ1) is 57.9. The fourth-order valence-electron chi connectivity index (χ4n) is 10.8. The van der Waals surface area contributed by atoms with Crippen molar-refractivity contribution in [1.82, 2.24) is 47.1 Å². The molecule has 23 heteroatoms. The first-order valence-corrected chi connectivity index (χ1v) is 27.8. The van der Waals surface area contributed by atoms with E-state index in [0.717, 1.165) is 4.90 Å². The minimum atomic E-state index is -1.84. The first-order chi connectivity index (χ1) is 41.9. The Morgan fingerprint density at radius 2 is 1.23 bits per heavy atom. The number of nitrogens with zero attached hydrogens (tertiary/aromatic N) is 1. The van der Waals surface area contributed by atoms with Crippen molar-refractivity contribution in [2.24, 2.45) is 5.73 Å². The highest BCUT2D eigenvalue weighted by molar-refractivity contribution is 6.00. The average Bonchev–Trinajstić information content (AvgIpc) is 2.57. The minimum Gasteiger partial charge on any atom is -0.508 e. The van der Waals surface area contributed by atoms with E-state index in [9.17, 15) is 34.8 Å². The van der Waals surface area contributed by atoms with E-state index in [-0.39, 0.29) is 93.2 Å². The monoisotopic (exact) mass is 1180 g/mol. The van der Waals surface area contributed by atoms with Gasteiger partial charge in [-0.2, -0.15) is 0 Å².